The molecule has 122 valence electrons. The van der Waals surface area contributed by atoms with Crippen molar-refractivity contribution in [3.05, 3.63) is 83.9 Å². The lowest BCUT2D eigenvalue weighted by Crippen LogP contribution is -2.34. The number of hydrogen-bond donors (Lipinski definition) is 2. The van der Waals surface area contributed by atoms with E-state index in [9.17, 15) is 4.79 Å². The fraction of sp³-hybridized carbons (Fsp3) is 0.167. The Bertz CT molecular complexity index is 754. The van der Waals surface area contributed by atoms with Crippen molar-refractivity contribution >= 4 is 6.03 Å². The summed E-state index contributed by atoms with van der Waals surface area (Å²) >= 11 is 0. The Labute approximate surface area is 140 Å². The van der Waals surface area contributed by atoms with E-state index in [-0.39, 0.29) is 6.03 Å². The summed E-state index contributed by atoms with van der Waals surface area (Å²) in [4.78, 5) is 16.0. The molecule has 0 aliphatic rings. The van der Waals surface area contributed by atoms with Gasteiger partial charge in [-0.25, -0.2) is 4.79 Å². The first-order valence-electron chi connectivity index (χ1n) is 7.76. The summed E-state index contributed by atoms with van der Waals surface area (Å²) in [5, 5.41) is 9.81. The van der Waals surface area contributed by atoms with Crippen LogP contribution in [0.5, 0.6) is 0 Å². The quantitative estimate of drug-likeness (QED) is 0.732. The van der Waals surface area contributed by atoms with Crippen LogP contribution in [0.25, 0.3) is 0 Å². The Morgan fingerprint density at radius 2 is 1.71 bits per heavy atom. The van der Waals surface area contributed by atoms with Crippen molar-refractivity contribution in [1.82, 2.24) is 25.4 Å². The molecule has 0 saturated heterocycles. The maximum absolute atomic E-state index is 11.8. The van der Waals surface area contributed by atoms with Crippen molar-refractivity contribution in [1.29, 1.82) is 0 Å². The molecular formula is C18H19N5O. The molecule has 24 heavy (non-hydrogen) atoms. The van der Waals surface area contributed by atoms with E-state index in [1.807, 2.05) is 59.4 Å². The summed E-state index contributed by atoms with van der Waals surface area (Å²) in [6.07, 6.45) is 5.41. The molecule has 2 heterocycles. The predicted octanol–water partition coefficient (Wildman–Crippen LogP) is 2.33. The molecule has 0 spiro atoms. The lowest BCUT2D eigenvalue weighted by molar-refractivity contribution is 0.240. The molecule has 2 amide bonds. The average Bonchev–Trinajstić information content (AvgIpc) is 3.13. The first kappa shape index (κ1) is 15.7. The molecule has 0 aliphatic carbocycles. The van der Waals surface area contributed by atoms with Gasteiger partial charge in [0.1, 0.15) is 0 Å². The number of carbonyl (C=O) groups is 1. The van der Waals surface area contributed by atoms with Crippen LogP contribution in [0.3, 0.4) is 0 Å². The number of aromatic nitrogens is 3. The van der Waals surface area contributed by atoms with E-state index >= 15 is 0 Å². The van der Waals surface area contributed by atoms with E-state index in [0.29, 0.717) is 13.1 Å². The van der Waals surface area contributed by atoms with Gasteiger partial charge in [0.2, 0.25) is 0 Å². The number of carbonyl (C=O) groups excluding carboxylic acids is 1. The largest absolute Gasteiger partial charge is 0.334 e. The fourth-order valence-electron chi connectivity index (χ4n) is 2.26. The topological polar surface area (TPSA) is 71.8 Å². The van der Waals surface area contributed by atoms with Gasteiger partial charge in [0.25, 0.3) is 0 Å². The highest BCUT2D eigenvalue weighted by atomic mass is 16.2. The molecule has 0 radical (unpaired) electrons. The summed E-state index contributed by atoms with van der Waals surface area (Å²) in [5.74, 6) is 0. The molecule has 1 aromatic carbocycles. The van der Waals surface area contributed by atoms with E-state index < -0.39 is 0 Å². The number of amides is 2. The molecule has 0 fully saturated rings. The minimum Gasteiger partial charge on any atom is -0.334 e. The zero-order valence-electron chi connectivity index (χ0n) is 13.2. The third kappa shape index (κ3) is 4.67. The van der Waals surface area contributed by atoms with Crippen LogP contribution in [0.4, 0.5) is 4.79 Å². The molecule has 0 bridgehead atoms. The predicted molar refractivity (Wildman–Crippen MR) is 91.1 cm³/mol. The number of benzene rings is 1. The molecule has 2 N–H and O–H groups in total. The standard InChI is InChI=1S/C18H19N5O/c24-18(21-13-17-4-1-2-9-19-17)20-12-15-5-7-16(8-6-15)14-23-11-3-10-22-23/h1-11H,12-14H2,(H2,20,21,24). The second-order valence-corrected chi connectivity index (χ2v) is 5.38. The van der Waals surface area contributed by atoms with Gasteiger partial charge in [0.05, 0.1) is 18.8 Å². The van der Waals surface area contributed by atoms with Crippen LogP contribution in [-0.2, 0) is 19.6 Å². The van der Waals surface area contributed by atoms with Crippen LogP contribution < -0.4 is 10.6 Å². The summed E-state index contributed by atoms with van der Waals surface area (Å²) in [6.45, 7) is 1.64. The molecule has 3 rings (SSSR count). The number of nitrogens with zero attached hydrogens (tertiary/aromatic N) is 3. The van der Waals surface area contributed by atoms with Crippen LogP contribution in [0.2, 0.25) is 0 Å². The van der Waals surface area contributed by atoms with Crippen LogP contribution >= 0.6 is 0 Å². The van der Waals surface area contributed by atoms with Crippen molar-refractivity contribution in [2.24, 2.45) is 0 Å². The molecule has 6 nitrogen and oxygen atoms in total. The van der Waals surface area contributed by atoms with Crippen LogP contribution in [0.1, 0.15) is 16.8 Å². The van der Waals surface area contributed by atoms with Gasteiger partial charge in [-0.1, -0.05) is 30.3 Å². The minimum absolute atomic E-state index is 0.207. The van der Waals surface area contributed by atoms with Gasteiger partial charge < -0.3 is 10.6 Å². The Kier molecular flexibility index (Phi) is 5.19. The second-order valence-electron chi connectivity index (χ2n) is 5.38. The van der Waals surface area contributed by atoms with Gasteiger partial charge in [-0.3, -0.25) is 9.67 Å². The Balaban J connectivity index is 1.43. The van der Waals surface area contributed by atoms with E-state index in [2.05, 4.69) is 20.7 Å². The highest BCUT2D eigenvalue weighted by Crippen LogP contribution is 2.06. The maximum Gasteiger partial charge on any atom is 0.315 e. The normalized spacial score (nSPS) is 10.3. The van der Waals surface area contributed by atoms with E-state index in [1.54, 1.807) is 12.4 Å². The number of rotatable bonds is 6. The van der Waals surface area contributed by atoms with Crippen LogP contribution in [-0.4, -0.2) is 20.8 Å². The maximum atomic E-state index is 11.8. The Morgan fingerprint density at radius 1 is 0.917 bits per heavy atom. The lowest BCUT2D eigenvalue weighted by atomic mass is 10.1. The van der Waals surface area contributed by atoms with E-state index in [4.69, 9.17) is 0 Å². The monoisotopic (exact) mass is 321 g/mol. The summed E-state index contributed by atoms with van der Waals surface area (Å²) in [5.41, 5.74) is 3.05. The zero-order valence-corrected chi connectivity index (χ0v) is 13.2. The molecule has 0 unspecified atom stereocenters. The number of hydrogen-bond acceptors (Lipinski definition) is 3. The molecule has 0 saturated carbocycles. The van der Waals surface area contributed by atoms with Crippen molar-refractivity contribution < 1.29 is 4.79 Å². The first-order valence-corrected chi connectivity index (χ1v) is 7.76. The summed E-state index contributed by atoms with van der Waals surface area (Å²) in [6, 6.07) is 15.4. The molecular weight excluding hydrogens is 302 g/mol. The van der Waals surface area contributed by atoms with Gasteiger partial charge >= 0.3 is 6.03 Å². The van der Waals surface area contributed by atoms with E-state index in [1.165, 1.54) is 5.56 Å². The first-order chi connectivity index (χ1) is 11.8. The van der Waals surface area contributed by atoms with Gasteiger partial charge in [-0.15, -0.1) is 0 Å². The highest BCUT2D eigenvalue weighted by Gasteiger charge is 2.02. The SMILES string of the molecule is O=C(NCc1ccc(Cn2cccn2)cc1)NCc1ccccn1. The van der Waals surface area contributed by atoms with Gasteiger partial charge in [0.15, 0.2) is 0 Å². The van der Waals surface area contributed by atoms with Gasteiger partial charge in [0, 0.05) is 25.1 Å². The Morgan fingerprint density at radius 3 is 2.42 bits per heavy atom. The molecule has 0 atom stereocenters. The number of nitrogens with one attached hydrogen (secondary N) is 2. The molecule has 0 aliphatic heterocycles. The summed E-state index contributed by atoms with van der Waals surface area (Å²) in [7, 11) is 0. The third-order valence-electron chi connectivity index (χ3n) is 3.54. The van der Waals surface area contributed by atoms with E-state index in [0.717, 1.165) is 17.8 Å². The van der Waals surface area contributed by atoms with Gasteiger partial charge in [-0.2, -0.15) is 5.10 Å². The third-order valence-corrected chi connectivity index (χ3v) is 3.54. The Hall–Kier alpha value is -3.15. The number of pyridine rings is 1. The molecule has 3 aromatic rings. The van der Waals surface area contributed by atoms with Crippen LogP contribution in [0.15, 0.2) is 67.1 Å². The van der Waals surface area contributed by atoms with Gasteiger partial charge in [-0.05, 0) is 29.3 Å². The van der Waals surface area contributed by atoms with Crippen molar-refractivity contribution in [2.45, 2.75) is 19.6 Å². The smallest absolute Gasteiger partial charge is 0.315 e. The fourth-order valence-corrected chi connectivity index (χ4v) is 2.26. The molecule has 6 heteroatoms. The van der Waals surface area contributed by atoms with Crippen LogP contribution in [0, 0.1) is 0 Å². The van der Waals surface area contributed by atoms with Crippen molar-refractivity contribution in [3.63, 3.8) is 0 Å². The lowest BCUT2D eigenvalue weighted by Gasteiger charge is -2.08. The van der Waals surface area contributed by atoms with Crippen molar-refractivity contribution in [3.8, 4) is 0 Å². The zero-order chi connectivity index (χ0) is 16.6. The minimum atomic E-state index is -0.207. The van der Waals surface area contributed by atoms with Crippen molar-refractivity contribution in [2.75, 3.05) is 0 Å². The molecule has 2 aromatic heterocycles. The average molecular weight is 321 g/mol. The highest BCUT2D eigenvalue weighted by molar-refractivity contribution is 5.73. The second kappa shape index (κ2) is 7.92. The number of urea groups is 1. The summed E-state index contributed by atoms with van der Waals surface area (Å²) < 4.78 is 1.87.